The van der Waals surface area contributed by atoms with Gasteiger partial charge in [0, 0.05) is 19.3 Å². The number of hydrogen-bond acceptors (Lipinski definition) is 6. The van der Waals surface area contributed by atoms with Crippen molar-refractivity contribution in [2.45, 2.75) is 284 Å². The van der Waals surface area contributed by atoms with Crippen LogP contribution in [0.5, 0.6) is 0 Å². The van der Waals surface area contributed by atoms with Crippen molar-refractivity contribution in [1.82, 2.24) is 0 Å². The molecule has 6 nitrogen and oxygen atoms in total. The molecule has 1 atom stereocenters. The van der Waals surface area contributed by atoms with Gasteiger partial charge in [-0.2, -0.15) is 0 Å². The Kier molecular flexibility index (Phi) is 61.9. The number of carbonyl (C=O) groups excluding carboxylic acids is 3. The third kappa shape index (κ3) is 64.0. The van der Waals surface area contributed by atoms with Gasteiger partial charge in [-0.15, -0.1) is 0 Å². The second-order valence-electron chi connectivity index (χ2n) is 20.9. The maximum atomic E-state index is 12.9. The van der Waals surface area contributed by atoms with Gasteiger partial charge in [0.05, 0.1) is 0 Å². The van der Waals surface area contributed by atoms with Crippen molar-refractivity contribution in [2.24, 2.45) is 0 Å². The van der Waals surface area contributed by atoms with E-state index < -0.39 is 12.1 Å². The summed E-state index contributed by atoms with van der Waals surface area (Å²) in [4.78, 5) is 38.3. The quantitative estimate of drug-likeness (QED) is 0.0261. The smallest absolute Gasteiger partial charge is 0.306 e. The summed E-state index contributed by atoms with van der Waals surface area (Å²) in [6.45, 7) is 6.33. The normalized spacial score (nSPS) is 13.1. The molecular weight excluding hydrogens is 973 g/mol. The molecule has 0 aliphatic carbocycles. The number of hydrogen-bond donors (Lipinski definition) is 0. The molecule has 0 N–H and O–H groups in total. The standard InChI is InChI=1S/C73H118O6/c1-4-7-10-13-16-19-22-25-27-29-31-32-33-34-35-36-37-38-39-40-42-43-45-48-51-54-57-60-63-66-72(75)78-69-70(68-77-71(74)65-62-59-56-53-50-47-24-21-18-15-12-9-6-3)79-73(76)67-64-61-58-55-52-49-46-44-41-30-28-26-23-20-17-14-11-8-5-2/h7-8,10-11,16-17,19-21,24-28,31-32,34-35,41,44,49,52,58,61,70H,4-6,9,12-15,18,22-23,29-30,33,36-40,42-43,45-48,50-51,53-57,59-60,62-69H2,1-3H3/b10-7-,11-8-,19-16-,20-17-,24-21-,27-25-,28-26-,32-31-,35-34-,44-41-,52-49-,61-58-. The second kappa shape index (κ2) is 65.8. The van der Waals surface area contributed by atoms with Crippen LogP contribution in [0.3, 0.4) is 0 Å². The molecule has 446 valence electrons. The van der Waals surface area contributed by atoms with Crippen LogP contribution in [0.2, 0.25) is 0 Å². The van der Waals surface area contributed by atoms with Gasteiger partial charge in [0.1, 0.15) is 13.2 Å². The Balaban J connectivity index is 4.38. The molecule has 0 aromatic rings. The highest BCUT2D eigenvalue weighted by molar-refractivity contribution is 5.71. The predicted molar refractivity (Wildman–Crippen MR) is 343 cm³/mol. The maximum Gasteiger partial charge on any atom is 0.306 e. The molecule has 0 aliphatic rings. The number of carbonyl (C=O) groups is 3. The third-order valence-corrected chi connectivity index (χ3v) is 13.3. The molecule has 79 heavy (non-hydrogen) atoms. The fraction of sp³-hybridized carbons (Fsp3) is 0.630. The first kappa shape index (κ1) is 74.3. The van der Waals surface area contributed by atoms with E-state index in [4.69, 9.17) is 14.2 Å². The van der Waals surface area contributed by atoms with E-state index >= 15 is 0 Å². The van der Waals surface area contributed by atoms with Crippen molar-refractivity contribution >= 4 is 17.9 Å². The van der Waals surface area contributed by atoms with Crippen LogP contribution in [-0.4, -0.2) is 37.2 Å². The van der Waals surface area contributed by atoms with Crippen LogP contribution >= 0.6 is 0 Å². The topological polar surface area (TPSA) is 78.9 Å². The molecule has 0 spiro atoms. The van der Waals surface area contributed by atoms with Gasteiger partial charge >= 0.3 is 17.9 Å². The van der Waals surface area contributed by atoms with Crippen LogP contribution < -0.4 is 0 Å². The van der Waals surface area contributed by atoms with Gasteiger partial charge < -0.3 is 14.2 Å². The summed E-state index contributed by atoms with van der Waals surface area (Å²) in [6.07, 6.45) is 94.4. The van der Waals surface area contributed by atoms with E-state index in [0.29, 0.717) is 19.3 Å². The van der Waals surface area contributed by atoms with Gasteiger partial charge in [0.2, 0.25) is 0 Å². The predicted octanol–water partition coefficient (Wildman–Crippen LogP) is 22.3. The highest BCUT2D eigenvalue weighted by Crippen LogP contribution is 2.15. The van der Waals surface area contributed by atoms with E-state index in [1.165, 1.54) is 109 Å². The van der Waals surface area contributed by atoms with Crippen molar-refractivity contribution < 1.29 is 28.6 Å². The molecule has 0 radical (unpaired) electrons. The zero-order valence-corrected chi connectivity index (χ0v) is 51.1. The fourth-order valence-electron chi connectivity index (χ4n) is 8.55. The first-order valence-corrected chi connectivity index (χ1v) is 32.3. The molecule has 0 fully saturated rings. The molecule has 0 aromatic heterocycles. The Morgan fingerprint density at radius 1 is 0.266 bits per heavy atom. The fourth-order valence-corrected chi connectivity index (χ4v) is 8.55. The highest BCUT2D eigenvalue weighted by Gasteiger charge is 2.19. The third-order valence-electron chi connectivity index (χ3n) is 13.3. The molecule has 0 bridgehead atoms. The van der Waals surface area contributed by atoms with E-state index in [9.17, 15) is 14.4 Å². The summed E-state index contributed by atoms with van der Waals surface area (Å²) < 4.78 is 16.8. The van der Waals surface area contributed by atoms with Crippen LogP contribution in [0.25, 0.3) is 0 Å². The summed E-state index contributed by atoms with van der Waals surface area (Å²) >= 11 is 0. The lowest BCUT2D eigenvalue weighted by molar-refractivity contribution is -0.166. The Morgan fingerprint density at radius 2 is 0.519 bits per heavy atom. The molecule has 0 heterocycles. The lowest BCUT2D eigenvalue weighted by atomic mass is 10.0. The Labute approximate surface area is 487 Å². The van der Waals surface area contributed by atoms with Crippen molar-refractivity contribution in [1.29, 1.82) is 0 Å². The van der Waals surface area contributed by atoms with Crippen LogP contribution in [-0.2, 0) is 28.6 Å². The largest absolute Gasteiger partial charge is 0.462 e. The number of ether oxygens (including phenoxy) is 3. The number of esters is 3. The van der Waals surface area contributed by atoms with Gasteiger partial charge in [-0.25, -0.2) is 0 Å². The van der Waals surface area contributed by atoms with E-state index in [0.717, 1.165) is 122 Å². The van der Waals surface area contributed by atoms with Gasteiger partial charge in [0.15, 0.2) is 6.10 Å². The summed E-state index contributed by atoms with van der Waals surface area (Å²) in [5.74, 6) is -1.01. The van der Waals surface area contributed by atoms with Crippen molar-refractivity contribution in [3.05, 3.63) is 146 Å². The lowest BCUT2D eigenvalue weighted by Crippen LogP contribution is -2.30. The van der Waals surface area contributed by atoms with Crippen LogP contribution in [0.1, 0.15) is 278 Å². The second-order valence-corrected chi connectivity index (χ2v) is 20.9. The molecule has 0 rings (SSSR count). The summed E-state index contributed by atoms with van der Waals surface area (Å²) in [7, 11) is 0. The van der Waals surface area contributed by atoms with E-state index in [1.807, 2.05) is 6.08 Å². The average Bonchev–Trinajstić information content (AvgIpc) is 3.45. The molecule has 0 saturated carbocycles. The summed E-state index contributed by atoms with van der Waals surface area (Å²) in [5, 5.41) is 0. The zero-order valence-electron chi connectivity index (χ0n) is 51.1. The molecule has 6 heteroatoms. The van der Waals surface area contributed by atoms with Gasteiger partial charge in [-0.1, -0.05) is 276 Å². The first-order chi connectivity index (χ1) is 39.0. The average molecular weight is 1090 g/mol. The Bertz CT molecular complexity index is 1730. The van der Waals surface area contributed by atoms with Crippen LogP contribution in [0, 0.1) is 0 Å². The molecule has 0 saturated heterocycles. The minimum atomic E-state index is -0.828. The molecular formula is C73H118O6. The van der Waals surface area contributed by atoms with Crippen molar-refractivity contribution in [3.8, 4) is 0 Å². The number of rotatable bonds is 57. The Morgan fingerprint density at radius 3 is 0.835 bits per heavy atom. The molecule has 1 unspecified atom stereocenters. The SMILES string of the molecule is CC/C=C\C/C=C\C/C=C\C/C=C\C/C=C\C/C=C\CCC(=O)OC(COC(=O)CCCCCCC/C=C\CCCCCC)COC(=O)CCCCCCCCCCCCCCC/C=C\C/C=C\C/C=C\C/C=C\C/C=C\CC. The van der Waals surface area contributed by atoms with Crippen molar-refractivity contribution in [3.63, 3.8) is 0 Å². The minimum Gasteiger partial charge on any atom is -0.462 e. The zero-order chi connectivity index (χ0) is 57.1. The molecule has 0 amide bonds. The number of allylic oxidation sites excluding steroid dienone is 24. The molecule has 0 aromatic carbocycles. The number of unbranched alkanes of at least 4 members (excludes halogenated alkanes) is 22. The van der Waals surface area contributed by atoms with E-state index in [2.05, 4.69) is 161 Å². The summed E-state index contributed by atoms with van der Waals surface area (Å²) in [6, 6.07) is 0. The van der Waals surface area contributed by atoms with E-state index in [1.54, 1.807) is 0 Å². The van der Waals surface area contributed by atoms with E-state index in [-0.39, 0.29) is 31.6 Å². The highest BCUT2D eigenvalue weighted by atomic mass is 16.6. The lowest BCUT2D eigenvalue weighted by Gasteiger charge is -2.18. The van der Waals surface area contributed by atoms with Gasteiger partial charge in [-0.05, 0) is 128 Å². The van der Waals surface area contributed by atoms with Crippen LogP contribution in [0.4, 0.5) is 0 Å². The summed E-state index contributed by atoms with van der Waals surface area (Å²) in [5.41, 5.74) is 0. The van der Waals surface area contributed by atoms with Crippen LogP contribution in [0.15, 0.2) is 146 Å². The minimum absolute atomic E-state index is 0.115. The van der Waals surface area contributed by atoms with Crippen molar-refractivity contribution in [2.75, 3.05) is 13.2 Å². The van der Waals surface area contributed by atoms with Gasteiger partial charge in [0.25, 0.3) is 0 Å². The first-order valence-electron chi connectivity index (χ1n) is 32.3. The van der Waals surface area contributed by atoms with Gasteiger partial charge in [-0.3, -0.25) is 14.4 Å². The Hall–Kier alpha value is -4.71. The molecule has 0 aliphatic heterocycles. The monoisotopic (exact) mass is 1090 g/mol. The maximum absolute atomic E-state index is 12.9.